The molecule has 0 aromatic rings. The Kier molecular flexibility index (Phi) is 1.86. The summed E-state index contributed by atoms with van der Waals surface area (Å²) in [6.07, 6.45) is -2.54. The standard InChI is InChI=1S/C7H10F3N/c1-5-3-11(2)4-6(5)7(8,9)10/h3,6H,4H2,1-2H3. The third-order valence-electron chi connectivity index (χ3n) is 1.84. The predicted octanol–water partition coefficient (Wildman–Crippen LogP) is 2.01. The van der Waals surface area contributed by atoms with Crippen molar-refractivity contribution < 1.29 is 13.2 Å². The SMILES string of the molecule is CC1=CN(C)CC1C(F)(F)F. The molecule has 0 radical (unpaired) electrons. The normalized spacial score (nSPS) is 25.7. The number of nitrogens with zero attached hydrogens (tertiary/aromatic N) is 1. The Bertz CT molecular complexity index is 183. The van der Waals surface area contributed by atoms with E-state index >= 15 is 0 Å². The smallest absolute Gasteiger partial charge is 0.380 e. The van der Waals surface area contributed by atoms with Gasteiger partial charge in [-0.25, -0.2) is 0 Å². The van der Waals surface area contributed by atoms with Crippen molar-refractivity contribution in [3.63, 3.8) is 0 Å². The molecule has 0 fully saturated rings. The Morgan fingerprint density at radius 1 is 1.55 bits per heavy atom. The summed E-state index contributed by atoms with van der Waals surface area (Å²) in [5, 5.41) is 0. The topological polar surface area (TPSA) is 3.24 Å². The maximum atomic E-state index is 12.1. The van der Waals surface area contributed by atoms with Gasteiger partial charge in [-0.1, -0.05) is 0 Å². The number of alkyl halides is 3. The predicted molar refractivity (Wildman–Crippen MR) is 35.9 cm³/mol. The summed E-state index contributed by atoms with van der Waals surface area (Å²) in [4.78, 5) is 1.56. The van der Waals surface area contributed by atoms with E-state index in [9.17, 15) is 13.2 Å². The van der Waals surface area contributed by atoms with E-state index in [4.69, 9.17) is 0 Å². The van der Waals surface area contributed by atoms with Crippen molar-refractivity contribution in [1.82, 2.24) is 4.90 Å². The molecule has 1 aliphatic heterocycles. The minimum Gasteiger partial charge on any atom is -0.380 e. The van der Waals surface area contributed by atoms with Gasteiger partial charge in [0.15, 0.2) is 0 Å². The molecule has 0 aromatic carbocycles. The van der Waals surface area contributed by atoms with Crippen LogP contribution < -0.4 is 0 Å². The Balaban J connectivity index is 2.72. The van der Waals surface area contributed by atoms with Gasteiger partial charge in [0.25, 0.3) is 0 Å². The van der Waals surface area contributed by atoms with Crippen LogP contribution in [0.3, 0.4) is 0 Å². The van der Waals surface area contributed by atoms with Gasteiger partial charge in [0.2, 0.25) is 0 Å². The highest BCUT2D eigenvalue weighted by molar-refractivity contribution is 5.12. The minimum atomic E-state index is -4.08. The number of halogens is 3. The highest BCUT2D eigenvalue weighted by atomic mass is 19.4. The van der Waals surface area contributed by atoms with Gasteiger partial charge in [-0.2, -0.15) is 13.2 Å². The molecule has 4 heteroatoms. The van der Waals surface area contributed by atoms with E-state index in [-0.39, 0.29) is 6.54 Å². The zero-order valence-electron chi connectivity index (χ0n) is 6.44. The molecule has 1 unspecified atom stereocenters. The van der Waals surface area contributed by atoms with Crippen molar-refractivity contribution >= 4 is 0 Å². The molecule has 0 bridgehead atoms. The van der Waals surface area contributed by atoms with E-state index in [1.54, 1.807) is 11.9 Å². The average Bonchev–Trinajstić information content (AvgIpc) is 2.08. The molecule has 1 atom stereocenters. The van der Waals surface area contributed by atoms with Crippen LogP contribution in [-0.2, 0) is 0 Å². The summed E-state index contributed by atoms with van der Waals surface area (Å²) in [5.74, 6) is -1.26. The van der Waals surface area contributed by atoms with Gasteiger partial charge in [0, 0.05) is 13.6 Å². The molecule has 0 saturated heterocycles. The third kappa shape index (κ3) is 1.67. The van der Waals surface area contributed by atoms with Crippen LogP contribution in [0.1, 0.15) is 6.92 Å². The highest BCUT2D eigenvalue weighted by Crippen LogP contribution is 2.35. The van der Waals surface area contributed by atoms with Gasteiger partial charge in [0.1, 0.15) is 0 Å². The van der Waals surface area contributed by atoms with Crippen LogP contribution in [-0.4, -0.2) is 24.7 Å². The molecule has 0 spiro atoms. The maximum Gasteiger partial charge on any atom is 0.397 e. The largest absolute Gasteiger partial charge is 0.397 e. The Labute approximate surface area is 63.5 Å². The van der Waals surface area contributed by atoms with E-state index < -0.39 is 12.1 Å². The molecule has 0 aromatic heterocycles. The van der Waals surface area contributed by atoms with Crippen LogP contribution in [0.2, 0.25) is 0 Å². The van der Waals surface area contributed by atoms with Crippen molar-refractivity contribution in [2.24, 2.45) is 5.92 Å². The quantitative estimate of drug-likeness (QED) is 0.530. The number of hydrogen-bond acceptors (Lipinski definition) is 1. The van der Waals surface area contributed by atoms with Crippen LogP contribution in [0.4, 0.5) is 13.2 Å². The number of rotatable bonds is 0. The minimum absolute atomic E-state index is 0.0648. The summed E-state index contributed by atoms with van der Waals surface area (Å²) >= 11 is 0. The first kappa shape index (κ1) is 8.43. The monoisotopic (exact) mass is 165 g/mol. The van der Waals surface area contributed by atoms with E-state index in [0.29, 0.717) is 5.57 Å². The van der Waals surface area contributed by atoms with E-state index in [0.717, 1.165) is 0 Å². The van der Waals surface area contributed by atoms with Crippen LogP contribution in [0.5, 0.6) is 0 Å². The molecule has 11 heavy (non-hydrogen) atoms. The number of hydrogen-bond donors (Lipinski definition) is 0. The molecule has 0 N–H and O–H groups in total. The van der Waals surface area contributed by atoms with Crippen molar-refractivity contribution in [2.75, 3.05) is 13.6 Å². The molecule has 1 heterocycles. The molecule has 1 aliphatic rings. The second-order valence-corrected chi connectivity index (χ2v) is 2.91. The summed E-state index contributed by atoms with van der Waals surface area (Å²) in [6, 6.07) is 0. The Morgan fingerprint density at radius 2 is 2.09 bits per heavy atom. The van der Waals surface area contributed by atoms with Gasteiger partial charge < -0.3 is 4.90 Å². The van der Waals surface area contributed by atoms with Crippen LogP contribution >= 0.6 is 0 Å². The molecular formula is C7H10F3N. The first-order chi connectivity index (χ1) is 4.91. The molecule has 0 aliphatic carbocycles. The molecule has 1 nitrogen and oxygen atoms in total. The van der Waals surface area contributed by atoms with Crippen molar-refractivity contribution in [3.8, 4) is 0 Å². The first-order valence-corrected chi connectivity index (χ1v) is 3.36. The highest BCUT2D eigenvalue weighted by Gasteiger charge is 2.43. The zero-order chi connectivity index (χ0) is 8.65. The van der Waals surface area contributed by atoms with Gasteiger partial charge >= 0.3 is 6.18 Å². The lowest BCUT2D eigenvalue weighted by molar-refractivity contribution is -0.162. The first-order valence-electron chi connectivity index (χ1n) is 3.36. The van der Waals surface area contributed by atoms with Gasteiger partial charge in [0.05, 0.1) is 5.92 Å². The van der Waals surface area contributed by atoms with Crippen molar-refractivity contribution in [2.45, 2.75) is 13.1 Å². The second-order valence-electron chi connectivity index (χ2n) is 2.91. The second kappa shape index (κ2) is 2.43. The molecule has 0 saturated carbocycles. The van der Waals surface area contributed by atoms with Crippen molar-refractivity contribution in [1.29, 1.82) is 0 Å². The third-order valence-corrected chi connectivity index (χ3v) is 1.84. The van der Waals surface area contributed by atoms with Crippen LogP contribution in [0, 0.1) is 5.92 Å². The zero-order valence-corrected chi connectivity index (χ0v) is 6.44. The summed E-state index contributed by atoms with van der Waals surface area (Å²) in [6.45, 7) is 1.58. The Hall–Kier alpha value is -0.670. The van der Waals surface area contributed by atoms with Crippen LogP contribution in [0.15, 0.2) is 11.8 Å². The van der Waals surface area contributed by atoms with E-state index in [1.165, 1.54) is 13.1 Å². The van der Waals surface area contributed by atoms with Crippen LogP contribution in [0.25, 0.3) is 0 Å². The van der Waals surface area contributed by atoms with Crippen molar-refractivity contribution in [3.05, 3.63) is 11.8 Å². The molecule has 1 rings (SSSR count). The fraction of sp³-hybridized carbons (Fsp3) is 0.714. The van der Waals surface area contributed by atoms with Gasteiger partial charge in [-0.15, -0.1) is 0 Å². The summed E-state index contributed by atoms with van der Waals surface area (Å²) in [7, 11) is 1.65. The average molecular weight is 165 g/mol. The van der Waals surface area contributed by atoms with E-state index in [1.807, 2.05) is 0 Å². The van der Waals surface area contributed by atoms with Gasteiger partial charge in [-0.3, -0.25) is 0 Å². The fourth-order valence-corrected chi connectivity index (χ4v) is 1.28. The summed E-state index contributed by atoms with van der Waals surface area (Å²) in [5.41, 5.74) is 0.403. The lowest BCUT2D eigenvalue weighted by Gasteiger charge is -2.16. The molecular weight excluding hydrogens is 155 g/mol. The summed E-state index contributed by atoms with van der Waals surface area (Å²) < 4.78 is 36.4. The maximum absolute atomic E-state index is 12.1. The lowest BCUT2D eigenvalue weighted by Crippen LogP contribution is -2.27. The van der Waals surface area contributed by atoms with Gasteiger partial charge in [-0.05, 0) is 18.7 Å². The van der Waals surface area contributed by atoms with E-state index in [2.05, 4.69) is 0 Å². The Morgan fingerprint density at radius 3 is 2.27 bits per heavy atom. The molecule has 64 valence electrons. The molecule has 0 amide bonds. The fourth-order valence-electron chi connectivity index (χ4n) is 1.28. The lowest BCUT2D eigenvalue weighted by atomic mass is 10.0.